The monoisotopic (exact) mass is 300 g/mol. The van der Waals surface area contributed by atoms with Gasteiger partial charge in [0.15, 0.2) is 0 Å². The lowest BCUT2D eigenvalue weighted by atomic mass is 10.1. The van der Waals surface area contributed by atoms with Crippen LogP contribution in [-0.4, -0.2) is 15.0 Å². The molecule has 20 heavy (non-hydrogen) atoms. The third-order valence-corrected chi connectivity index (χ3v) is 3.77. The number of benzene rings is 1. The van der Waals surface area contributed by atoms with Crippen LogP contribution in [0.3, 0.4) is 0 Å². The van der Waals surface area contributed by atoms with E-state index in [0.29, 0.717) is 11.5 Å². The van der Waals surface area contributed by atoms with Crippen LogP contribution in [0.15, 0.2) is 41.2 Å². The van der Waals surface area contributed by atoms with Crippen molar-refractivity contribution < 1.29 is 0 Å². The highest BCUT2D eigenvalue weighted by molar-refractivity contribution is 7.80. The van der Waals surface area contributed by atoms with Crippen LogP contribution in [0.4, 0.5) is 5.82 Å². The van der Waals surface area contributed by atoms with Crippen LogP contribution < -0.4 is 11.1 Å². The molecule has 3 rings (SSSR count). The largest absolute Gasteiger partial charge is 0.389 e. The first kappa shape index (κ1) is 13.0. The summed E-state index contributed by atoms with van der Waals surface area (Å²) in [7, 11) is 0. The maximum Gasteiger partial charge on any atom is 0.127 e. The van der Waals surface area contributed by atoms with Gasteiger partial charge in [0.25, 0.3) is 0 Å². The molecule has 1 aromatic carbocycles. The van der Waals surface area contributed by atoms with Gasteiger partial charge in [-0.1, -0.05) is 30.4 Å². The van der Waals surface area contributed by atoms with E-state index >= 15 is 0 Å². The Kier molecular flexibility index (Phi) is 3.58. The Morgan fingerprint density at radius 2 is 2.20 bits per heavy atom. The fourth-order valence-corrected chi connectivity index (χ4v) is 2.70. The molecule has 4 nitrogen and oxygen atoms in total. The van der Waals surface area contributed by atoms with Gasteiger partial charge in [0.2, 0.25) is 0 Å². The van der Waals surface area contributed by atoms with Crippen LogP contribution in [0.5, 0.6) is 0 Å². The minimum Gasteiger partial charge on any atom is -0.389 e. The Bertz CT molecular complexity index is 753. The predicted octanol–water partition coefficient (Wildman–Crippen LogP) is 2.94. The molecule has 3 aromatic rings. The molecule has 0 aliphatic heterocycles. The summed E-state index contributed by atoms with van der Waals surface area (Å²) >= 11 is 6.70. The summed E-state index contributed by atoms with van der Waals surface area (Å²) in [5.74, 6) is 0.750. The number of rotatable bonds is 4. The lowest BCUT2D eigenvalue weighted by Gasteiger charge is -2.09. The minimum absolute atomic E-state index is 0.375. The smallest absolute Gasteiger partial charge is 0.127 e. The van der Waals surface area contributed by atoms with Crippen molar-refractivity contribution in [3.8, 4) is 0 Å². The van der Waals surface area contributed by atoms with Gasteiger partial charge in [-0.25, -0.2) is 9.97 Å². The van der Waals surface area contributed by atoms with E-state index in [1.165, 1.54) is 0 Å². The summed E-state index contributed by atoms with van der Waals surface area (Å²) in [5.41, 5.74) is 10.3. The molecule has 0 saturated carbocycles. The van der Waals surface area contributed by atoms with Crippen molar-refractivity contribution in [1.29, 1.82) is 0 Å². The number of fused-ring (bicyclic) bond motifs is 1. The van der Waals surface area contributed by atoms with Gasteiger partial charge in [-0.15, -0.1) is 11.3 Å². The minimum atomic E-state index is 0.375. The predicted molar refractivity (Wildman–Crippen MR) is 87.1 cm³/mol. The van der Waals surface area contributed by atoms with Gasteiger partial charge in [0.1, 0.15) is 10.8 Å². The quantitative estimate of drug-likeness (QED) is 0.725. The lowest BCUT2D eigenvalue weighted by Crippen LogP contribution is -2.12. The van der Waals surface area contributed by atoms with E-state index in [2.05, 4.69) is 15.3 Å². The second kappa shape index (κ2) is 5.52. The van der Waals surface area contributed by atoms with E-state index < -0.39 is 0 Å². The average molecular weight is 300 g/mol. The molecule has 0 atom stereocenters. The van der Waals surface area contributed by atoms with Gasteiger partial charge in [-0.2, -0.15) is 0 Å². The van der Waals surface area contributed by atoms with E-state index in [0.717, 1.165) is 28.0 Å². The number of hydrogen-bond acceptors (Lipinski definition) is 5. The number of nitrogens with zero attached hydrogens (tertiary/aromatic N) is 2. The SMILES string of the molecule is NC(=S)c1cc(NCc2cscn2)nc2ccccc12. The molecule has 0 radical (unpaired) electrons. The highest BCUT2D eigenvalue weighted by Crippen LogP contribution is 2.21. The van der Waals surface area contributed by atoms with Crippen LogP contribution in [0.25, 0.3) is 10.9 Å². The first-order valence-corrected chi connectivity index (χ1v) is 7.39. The van der Waals surface area contributed by atoms with E-state index in [1.807, 2.05) is 41.2 Å². The highest BCUT2D eigenvalue weighted by Gasteiger charge is 2.07. The number of thiocarbonyl (C=S) groups is 1. The lowest BCUT2D eigenvalue weighted by molar-refractivity contribution is 1.06. The molecule has 3 N–H and O–H groups in total. The Labute approximate surface area is 125 Å². The second-order valence-corrected chi connectivity index (χ2v) is 5.43. The number of para-hydroxylation sites is 1. The Morgan fingerprint density at radius 3 is 2.95 bits per heavy atom. The topological polar surface area (TPSA) is 63.8 Å². The molecule has 0 fully saturated rings. The van der Waals surface area contributed by atoms with E-state index in [4.69, 9.17) is 18.0 Å². The van der Waals surface area contributed by atoms with Gasteiger partial charge in [0, 0.05) is 16.3 Å². The van der Waals surface area contributed by atoms with Crippen LogP contribution in [-0.2, 0) is 6.54 Å². The summed E-state index contributed by atoms with van der Waals surface area (Å²) in [6.45, 7) is 0.631. The zero-order valence-corrected chi connectivity index (χ0v) is 12.2. The molecule has 100 valence electrons. The summed E-state index contributed by atoms with van der Waals surface area (Å²) in [5, 5.41) is 6.23. The second-order valence-electron chi connectivity index (χ2n) is 4.27. The molecule has 0 amide bonds. The average Bonchev–Trinajstić information content (AvgIpc) is 2.97. The molecular weight excluding hydrogens is 288 g/mol. The number of nitrogens with two attached hydrogens (primary N) is 1. The van der Waals surface area contributed by atoms with Crippen LogP contribution in [0.1, 0.15) is 11.3 Å². The fourth-order valence-electron chi connectivity index (χ4n) is 1.98. The molecule has 0 saturated heterocycles. The third-order valence-electron chi connectivity index (χ3n) is 2.92. The standard InChI is InChI=1S/C14H12N4S2/c15-14(19)11-5-13(16-6-9-7-20-8-17-9)18-12-4-2-1-3-10(11)12/h1-5,7-8H,6H2,(H2,15,19)(H,16,18). The van der Waals surface area contributed by atoms with Crippen LogP contribution in [0, 0.1) is 0 Å². The fraction of sp³-hybridized carbons (Fsp3) is 0.0714. The van der Waals surface area contributed by atoms with Crippen molar-refractivity contribution in [3.05, 3.63) is 52.5 Å². The molecule has 0 bridgehead atoms. The van der Waals surface area contributed by atoms with Gasteiger partial charge in [0.05, 0.1) is 23.3 Å². The van der Waals surface area contributed by atoms with Crippen molar-refractivity contribution in [2.24, 2.45) is 5.73 Å². The zero-order chi connectivity index (χ0) is 13.9. The Hall–Kier alpha value is -2.05. The van der Waals surface area contributed by atoms with E-state index in [1.54, 1.807) is 11.3 Å². The Balaban J connectivity index is 1.97. The van der Waals surface area contributed by atoms with Gasteiger partial charge in [-0.05, 0) is 12.1 Å². The van der Waals surface area contributed by atoms with Crippen molar-refractivity contribution in [2.45, 2.75) is 6.54 Å². The molecular formula is C14H12N4S2. The van der Waals surface area contributed by atoms with Gasteiger partial charge < -0.3 is 11.1 Å². The van der Waals surface area contributed by atoms with Crippen LogP contribution >= 0.6 is 23.6 Å². The van der Waals surface area contributed by atoms with Crippen molar-refractivity contribution in [3.63, 3.8) is 0 Å². The van der Waals surface area contributed by atoms with Crippen molar-refractivity contribution in [1.82, 2.24) is 9.97 Å². The number of thiazole rings is 1. The molecule has 0 unspecified atom stereocenters. The summed E-state index contributed by atoms with van der Waals surface area (Å²) in [6, 6.07) is 9.71. The number of anilines is 1. The summed E-state index contributed by atoms with van der Waals surface area (Å²) in [6.07, 6.45) is 0. The molecule has 0 aliphatic carbocycles. The van der Waals surface area contributed by atoms with Crippen molar-refractivity contribution >= 4 is 45.3 Å². The molecule has 2 aromatic heterocycles. The first-order valence-electron chi connectivity index (χ1n) is 6.04. The third kappa shape index (κ3) is 2.61. The van der Waals surface area contributed by atoms with Gasteiger partial charge >= 0.3 is 0 Å². The van der Waals surface area contributed by atoms with E-state index in [-0.39, 0.29) is 0 Å². The number of nitrogens with one attached hydrogen (secondary N) is 1. The first-order chi connectivity index (χ1) is 9.74. The number of pyridine rings is 1. The van der Waals surface area contributed by atoms with Crippen LogP contribution in [0.2, 0.25) is 0 Å². The molecule has 2 heterocycles. The van der Waals surface area contributed by atoms with Gasteiger partial charge in [-0.3, -0.25) is 0 Å². The normalized spacial score (nSPS) is 10.6. The molecule has 6 heteroatoms. The zero-order valence-electron chi connectivity index (χ0n) is 10.5. The molecule has 0 aliphatic rings. The number of hydrogen-bond donors (Lipinski definition) is 2. The maximum absolute atomic E-state index is 5.80. The Morgan fingerprint density at radius 1 is 1.35 bits per heavy atom. The maximum atomic E-state index is 5.80. The number of aromatic nitrogens is 2. The highest BCUT2D eigenvalue weighted by atomic mass is 32.1. The van der Waals surface area contributed by atoms with E-state index in [9.17, 15) is 0 Å². The molecule has 0 spiro atoms. The summed E-state index contributed by atoms with van der Waals surface area (Å²) in [4.78, 5) is 9.17. The summed E-state index contributed by atoms with van der Waals surface area (Å²) < 4.78 is 0. The van der Waals surface area contributed by atoms with Crippen molar-refractivity contribution in [2.75, 3.05) is 5.32 Å².